The second-order valence-electron chi connectivity index (χ2n) is 5.01. The molecule has 1 heterocycles. The standard InChI is InChI=1S/C14H17F3N2O2/c15-14(16,17)13(20)19-12-3-1-2-10(6-12)7-18-8-11-4-5-21-9-11/h1-3,6,11,18H,4-5,7-9H2,(H,19,20). The lowest BCUT2D eigenvalue weighted by Crippen LogP contribution is -2.30. The van der Waals surface area contributed by atoms with Crippen molar-refractivity contribution in [1.82, 2.24) is 5.32 Å². The Labute approximate surface area is 120 Å². The van der Waals surface area contributed by atoms with Gasteiger partial charge in [0.15, 0.2) is 0 Å². The Hall–Kier alpha value is -1.60. The molecule has 0 radical (unpaired) electrons. The number of carbonyl (C=O) groups excluding carboxylic acids is 1. The molecule has 2 N–H and O–H groups in total. The summed E-state index contributed by atoms with van der Waals surface area (Å²) >= 11 is 0. The summed E-state index contributed by atoms with van der Waals surface area (Å²) in [7, 11) is 0. The van der Waals surface area contributed by atoms with E-state index in [-0.39, 0.29) is 5.69 Å². The van der Waals surface area contributed by atoms with Crippen LogP contribution in [0.15, 0.2) is 24.3 Å². The van der Waals surface area contributed by atoms with E-state index in [1.54, 1.807) is 12.1 Å². The topological polar surface area (TPSA) is 50.4 Å². The van der Waals surface area contributed by atoms with E-state index < -0.39 is 12.1 Å². The van der Waals surface area contributed by atoms with Gasteiger partial charge in [0.25, 0.3) is 0 Å². The molecule has 1 atom stereocenters. The van der Waals surface area contributed by atoms with Crippen LogP contribution in [0, 0.1) is 5.92 Å². The second kappa shape index (κ2) is 6.91. The van der Waals surface area contributed by atoms with Crippen molar-refractivity contribution >= 4 is 11.6 Å². The largest absolute Gasteiger partial charge is 0.471 e. The van der Waals surface area contributed by atoms with Crippen LogP contribution in [0.4, 0.5) is 18.9 Å². The normalized spacial score (nSPS) is 18.7. The predicted molar refractivity (Wildman–Crippen MR) is 71.8 cm³/mol. The van der Waals surface area contributed by atoms with Gasteiger partial charge in [0, 0.05) is 25.4 Å². The summed E-state index contributed by atoms with van der Waals surface area (Å²) in [6, 6.07) is 6.36. The van der Waals surface area contributed by atoms with Crippen molar-refractivity contribution in [3.63, 3.8) is 0 Å². The summed E-state index contributed by atoms with van der Waals surface area (Å²) in [5, 5.41) is 5.08. The second-order valence-corrected chi connectivity index (χ2v) is 5.01. The number of rotatable bonds is 5. The van der Waals surface area contributed by atoms with E-state index in [0.717, 1.165) is 31.7 Å². The van der Waals surface area contributed by atoms with Gasteiger partial charge in [0.05, 0.1) is 6.61 Å². The lowest BCUT2D eigenvalue weighted by Gasteiger charge is -2.11. The average Bonchev–Trinajstić information content (AvgIpc) is 2.91. The molecular weight excluding hydrogens is 285 g/mol. The summed E-state index contributed by atoms with van der Waals surface area (Å²) in [5.74, 6) is -1.48. The summed E-state index contributed by atoms with van der Waals surface area (Å²) in [4.78, 5) is 10.9. The van der Waals surface area contributed by atoms with Gasteiger partial charge in [-0.2, -0.15) is 13.2 Å². The Kier molecular flexibility index (Phi) is 5.19. The molecule has 21 heavy (non-hydrogen) atoms. The number of benzene rings is 1. The van der Waals surface area contributed by atoms with Crippen molar-refractivity contribution < 1.29 is 22.7 Å². The minimum atomic E-state index is -4.88. The van der Waals surface area contributed by atoms with Crippen LogP contribution in [0.3, 0.4) is 0 Å². The minimum Gasteiger partial charge on any atom is -0.381 e. The molecule has 1 unspecified atom stereocenters. The van der Waals surface area contributed by atoms with E-state index in [4.69, 9.17) is 4.74 Å². The lowest BCUT2D eigenvalue weighted by atomic mass is 10.1. The molecule has 0 bridgehead atoms. The maximum absolute atomic E-state index is 12.2. The molecule has 1 fully saturated rings. The number of ether oxygens (including phenoxy) is 1. The number of anilines is 1. The zero-order valence-electron chi connectivity index (χ0n) is 11.4. The molecule has 116 valence electrons. The van der Waals surface area contributed by atoms with Crippen LogP contribution in [0.2, 0.25) is 0 Å². The molecule has 1 saturated heterocycles. The van der Waals surface area contributed by atoms with E-state index in [9.17, 15) is 18.0 Å². The smallest absolute Gasteiger partial charge is 0.381 e. The van der Waals surface area contributed by atoms with Gasteiger partial charge < -0.3 is 15.4 Å². The molecule has 1 aromatic carbocycles. The fourth-order valence-corrected chi connectivity index (χ4v) is 2.13. The van der Waals surface area contributed by atoms with E-state index in [0.29, 0.717) is 12.5 Å². The van der Waals surface area contributed by atoms with E-state index in [2.05, 4.69) is 5.32 Å². The number of hydrogen-bond donors (Lipinski definition) is 2. The van der Waals surface area contributed by atoms with E-state index in [1.165, 1.54) is 12.1 Å². The van der Waals surface area contributed by atoms with Crippen LogP contribution >= 0.6 is 0 Å². The number of carbonyl (C=O) groups is 1. The first-order valence-corrected chi connectivity index (χ1v) is 6.71. The highest BCUT2D eigenvalue weighted by molar-refractivity contribution is 5.94. The minimum absolute atomic E-state index is 0.140. The van der Waals surface area contributed by atoms with Crippen molar-refractivity contribution in [3.05, 3.63) is 29.8 Å². The van der Waals surface area contributed by atoms with Gasteiger partial charge in [-0.25, -0.2) is 0 Å². The van der Waals surface area contributed by atoms with Crippen molar-refractivity contribution in [2.24, 2.45) is 5.92 Å². The quantitative estimate of drug-likeness (QED) is 0.877. The highest BCUT2D eigenvalue weighted by atomic mass is 19.4. The zero-order valence-corrected chi connectivity index (χ0v) is 11.4. The van der Waals surface area contributed by atoms with Gasteiger partial charge in [-0.3, -0.25) is 4.79 Å². The Morgan fingerprint density at radius 3 is 2.86 bits per heavy atom. The van der Waals surface area contributed by atoms with Crippen molar-refractivity contribution in [1.29, 1.82) is 0 Å². The first-order valence-electron chi connectivity index (χ1n) is 6.71. The summed E-state index contributed by atoms with van der Waals surface area (Å²) < 4.78 is 41.8. The molecule has 0 aliphatic carbocycles. The number of amides is 1. The lowest BCUT2D eigenvalue weighted by molar-refractivity contribution is -0.167. The van der Waals surface area contributed by atoms with Gasteiger partial charge in [0.1, 0.15) is 0 Å². The van der Waals surface area contributed by atoms with Crippen molar-refractivity contribution in [2.45, 2.75) is 19.1 Å². The number of hydrogen-bond acceptors (Lipinski definition) is 3. The maximum Gasteiger partial charge on any atom is 0.471 e. The third-order valence-electron chi connectivity index (χ3n) is 3.23. The molecule has 2 rings (SSSR count). The summed E-state index contributed by atoms with van der Waals surface area (Å²) in [6.45, 7) is 2.87. The van der Waals surface area contributed by atoms with Gasteiger partial charge in [0.2, 0.25) is 0 Å². The van der Waals surface area contributed by atoms with Crippen LogP contribution in [-0.2, 0) is 16.1 Å². The Bertz CT molecular complexity index is 485. The fourth-order valence-electron chi connectivity index (χ4n) is 2.13. The van der Waals surface area contributed by atoms with Gasteiger partial charge >= 0.3 is 12.1 Å². The van der Waals surface area contributed by atoms with Crippen LogP contribution in [0.5, 0.6) is 0 Å². The van der Waals surface area contributed by atoms with Crippen LogP contribution in [-0.4, -0.2) is 31.8 Å². The molecule has 1 aromatic rings. The SMILES string of the molecule is O=C(Nc1cccc(CNCC2CCOC2)c1)C(F)(F)F. The fraction of sp³-hybridized carbons (Fsp3) is 0.500. The van der Waals surface area contributed by atoms with Crippen molar-refractivity contribution in [2.75, 3.05) is 25.1 Å². The number of halogens is 3. The first kappa shape index (κ1) is 15.8. The Balaban J connectivity index is 1.84. The molecular formula is C14H17F3N2O2. The molecule has 1 aliphatic heterocycles. The van der Waals surface area contributed by atoms with E-state index in [1.807, 2.05) is 5.32 Å². The van der Waals surface area contributed by atoms with E-state index >= 15 is 0 Å². The van der Waals surface area contributed by atoms with Crippen LogP contribution < -0.4 is 10.6 Å². The summed E-state index contributed by atoms with van der Waals surface area (Å²) in [6.07, 6.45) is -3.86. The molecule has 1 amide bonds. The van der Waals surface area contributed by atoms with Gasteiger partial charge in [-0.05, 0) is 30.0 Å². The van der Waals surface area contributed by atoms with Crippen LogP contribution in [0.1, 0.15) is 12.0 Å². The average molecular weight is 302 g/mol. The zero-order chi connectivity index (χ0) is 15.3. The Morgan fingerprint density at radius 1 is 1.38 bits per heavy atom. The highest BCUT2D eigenvalue weighted by Gasteiger charge is 2.38. The van der Waals surface area contributed by atoms with Crippen LogP contribution in [0.25, 0.3) is 0 Å². The van der Waals surface area contributed by atoms with Gasteiger partial charge in [-0.15, -0.1) is 0 Å². The molecule has 0 saturated carbocycles. The summed E-state index contributed by atoms with van der Waals surface area (Å²) in [5.41, 5.74) is 0.953. The maximum atomic E-state index is 12.2. The number of alkyl halides is 3. The molecule has 7 heteroatoms. The third kappa shape index (κ3) is 5.02. The van der Waals surface area contributed by atoms with Crippen molar-refractivity contribution in [3.8, 4) is 0 Å². The number of nitrogens with one attached hydrogen (secondary N) is 2. The monoisotopic (exact) mass is 302 g/mol. The molecule has 0 aromatic heterocycles. The first-order chi connectivity index (χ1) is 9.95. The molecule has 0 spiro atoms. The third-order valence-corrected chi connectivity index (χ3v) is 3.23. The molecule has 1 aliphatic rings. The predicted octanol–water partition coefficient (Wildman–Crippen LogP) is 2.31. The van der Waals surface area contributed by atoms with Gasteiger partial charge in [-0.1, -0.05) is 12.1 Å². The Morgan fingerprint density at radius 2 is 2.19 bits per heavy atom. The highest BCUT2D eigenvalue weighted by Crippen LogP contribution is 2.19. The molecule has 4 nitrogen and oxygen atoms in total.